The Bertz CT molecular complexity index is 519. The molecule has 1 aromatic carbocycles. The van der Waals surface area contributed by atoms with Crippen LogP contribution in [0.3, 0.4) is 0 Å². The number of carbonyl (C=O) groups excluding carboxylic acids is 2. The summed E-state index contributed by atoms with van der Waals surface area (Å²) < 4.78 is 43.5. The van der Waals surface area contributed by atoms with Crippen LogP contribution in [0, 0.1) is 0 Å². The minimum atomic E-state index is -4.62. The second-order valence-corrected chi connectivity index (χ2v) is 4.47. The van der Waals surface area contributed by atoms with E-state index in [1.807, 2.05) is 0 Å². The predicted molar refractivity (Wildman–Crippen MR) is 67.6 cm³/mol. The number of amides is 2. The van der Waals surface area contributed by atoms with Crippen molar-refractivity contribution in [3.63, 3.8) is 0 Å². The van der Waals surface area contributed by atoms with Crippen molar-refractivity contribution in [1.82, 2.24) is 4.90 Å². The Hall–Kier alpha value is -2.25. The van der Waals surface area contributed by atoms with Crippen LogP contribution in [0.2, 0.25) is 0 Å². The van der Waals surface area contributed by atoms with Gasteiger partial charge in [0, 0.05) is 5.69 Å². The van der Waals surface area contributed by atoms with Crippen LogP contribution in [0.5, 0.6) is 0 Å². The minimum absolute atomic E-state index is 0.00731. The van der Waals surface area contributed by atoms with Crippen molar-refractivity contribution in [3.05, 3.63) is 30.3 Å². The van der Waals surface area contributed by atoms with Gasteiger partial charge >= 0.3 is 12.3 Å². The van der Waals surface area contributed by atoms with Gasteiger partial charge in [0.1, 0.15) is 12.6 Å². The number of hydrogen-bond donors (Lipinski definition) is 1. The number of nitrogens with zero attached hydrogens (tertiary/aromatic N) is 1. The molecule has 5 nitrogen and oxygen atoms in total. The van der Waals surface area contributed by atoms with Crippen molar-refractivity contribution in [2.75, 3.05) is 18.5 Å². The Morgan fingerprint density at radius 1 is 1.33 bits per heavy atom. The zero-order chi connectivity index (χ0) is 15.5. The smallest absolute Gasteiger partial charge is 0.416 e. The zero-order valence-electron chi connectivity index (χ0n) is 10.9. The highest BCUT2D eigenvalue weighted by Crippen LogP contribution is 2.27. The van der Waals surface area contributed by atoms with Gasteiger partial charge in [-0.1, -0.05) is 18.2 Å². The van der Waals surface area contributed by atoms with Crippen molar-refractivity contribution < 1.29 is 27.5 Å². The molecule has 1 aliphatic rings. The molecule has 2 amide bonds. The Labute approximate surface area is 118 Å². The van der Waals surface area contributed by atoms with Crippen LogP contribution in [-0.4, -0.2) is 42.3 Å². The third-order valence-corrected chi connectivity index (χ3v) is 2.95. The molecule has 0 spiro atoms. The maximum absolute atomic E-state index is 13.0. The number of carbonyl (C=O) groups is 2. The van der Waals surface area contributed by atoms with E-state index in [0.717, 1.165) is 0 Å². The van der Waals surface area contributed by atoms with Crippen molar-refractivity contribution in [1.29, 1.82) is 0 Å². The average molecular weight is 302 g/mol. The molecule has 114 valence electrons. The summed E-state index contributed by atoms with van der Waals surface area (Å²) in [5.74, 6) is -0.914. The van der Waals surface area contributed by atoms with Gasteiger partial charge in [0.25, 0.3) is 0 Å². The Kier molecular flexibility index (Phi) is 4.35. The first-order valence-electron chi connectivity index (χ1n) is 6.23. The van der Waals surface area contributed by atoms with Gasteiger partial charge in [0.05, 0.1) is 13.0 Å². The third-order valence-electron chi connectivity index (χ3n) is 2.95. The summed E-state index contributed by atoms with van der Waals surface area (Å²) in [7, 11) is 0. The van der Waals surface area contributed by atoms with Gasteiger partial charge in [-0.05, 0) is 12.1 Å². The average Bonchev–Trinajstić information content (AvgIpc) is 2.84. The van der Waals surface area contributed by atoms with E-state index in [0.29, 0.717) is 4.90 Å². The Balaban J connectivity index is 2.06. The number of halogens is 3. The lowest BCUT2D eigenvalue weighted by molar-refractivity contribution is -0.153. The lowest BCUT2D eigenvalue weighted by Gasteiger charge is -2.23. The van der Waals surface area contributed by atoms with E-state index in [9.17, 15) is 22.8 Å². The van der Waals surface area contributed by atoms with Crippen molar-refractivity contribution in [2.45, 2.75) is 18.6 Å². The van der Waals surface area contributed by atoms with E-state index in [1.54, 1.807) is 18.2 Å². The van der Waals surface area contributed by atoms with E-state index in [4.69, 9.17) is 0 Å². The van der Waals surface area contributed by atoms with Gasteiger partial charge < -0.3 is 10.1 Å². The van der Waals surface area contributed by atoms with E-state index >= 15 is 0 Å². The normalized spacial score (nSPS) is 16.5. The van der Waals surface area contributed by atoms with E-state index < -0.39 is 30.6 Å². The number of hydrogen-bond acceptors (Lipinski definition) is 4. The molecule has 8 heteroatoms. The van der Waals surface area contributed by atoms with E-state index in [1.165, 1.54) is 12.1 Å². The van der Waals surface area contributed by atoms with Crippen LogP contribution in [-0.2, 0) is 9.53 Å². The van der Waals surface area contributed by atoms with Gasteiger partial charge in [0.15, 0.2) is 0 Å². The van der Waals surface area contributed by atoms with Gasteiger partial charge in [-0.2, -0.15) is 13.2 Å². The number of alkyl halides is 3. The van der Waals surface area contributed by atoms with Crippen LogP contribution >= 0.6 is 0 Å². The summed E-state index contributed by atoms with van der Waals surface area (Å²) >= 11 is 0. The minimum Gasteiger partial charge on any atom is -0.447 e. The molecular weight excluding hydrogens is 289 g/mol. The maximum Gasteiger partial charge on any atom is 0.416 e. The maximum atomic E-state index is 13.0. The van der Waals surface area contributed by atoms with Crippen LogP contribution in [0.1, 0.15) is 6.42 Å². The number of imide groups is 1. The molecule has 1 heterocycles. The molecule has 21 heavy (non-hydrogen) atoms. The Morgan fingerprint density at radius 3 is 2.52 bits per heavy atom. The number of anilines is 1. The molecule has 1 fully saturated rings. The summed E-state index contributed by atoms with van der Waals surface area (Å²) in [6.45, 7) is -0.0129. The first-order valence-corrected chi connectivity index (χ1v) is 6.23. The first-order chi connectivity index (χ1) is 9.88. The fourth-order valence-corrected chi connectivity index (χ4v) is 1.89. The molecule has 1 aromatic rings. The highest BCUT2D eigenvalue weighted by molar-refractivity contribution is 5.93. The number of rotatable bonds is 4. The summed E-state index contributed by atoms with van der Waals surface area (Å²) in [6, 6.07) is 5.69. The number of benzene rings is 1. The van der Waals surface area contributed by atoms with Crippen molar-refractivity contribution >= 4 is 17.7 Å². The molecule has 0 aliphatic carbocycles. The van der Waals surface area contributed by atoms with Gasteiger partial charge in [-0.15, -0.1) is 0 Å². The van der Waals surface area contributed by atoms with Crippen LogP contribution in [0.15, 0.2) is 30.3 Å². The number of cyclic esters (lactones) is 1. The predicted octanol–water partition coefficient (Wildman–Crippen LogP) is 2.40. The molecule has 0 bridgehead atoms. The van der Waals surface area contributed by atoms with Crippen LogP contribution in [0.4, 0.5) is 23.7 Å². The molecular formula is C13H13F3N2O3. The molecule has 0 radical (unpaired) electrons. The van der Waals surface area contributed by atoms with Gasteiger partial charge in [-0.3, -0.25) is 4.79 Å². The summed E-state index contributed by atoms with van der Waals surface area (Å²) in [6.07, 6.45) is -6.39. The topological polar surface area (TPSA) is 58.6 Å². The fraction of sp³-hybridized carbons (Fsp3) is 0.385. The molecule has 1 atom stereocenters. The number of nitrogens with one attached hydrogen (secondary N) is 1. The largest absolute Gasteiger partial charge is 0.447 e. The van der Waals surface area contributed by atoms with Crippen LogP contribution in [0.25, 0.3) is 0 Å². The third kappa shape index (κ3) is 3.87. The zero-order valence-corrected chi connectivity index (χ0v) is 10.9. The molecule has 0 aromatic heterocycles. The molecule has 0 saturated carbocycles. The summed E-state index contributed by atoms with van der Waals surface area (Å²) in [5.41, 5.74) is 0.247. The monoisotopic (exact) mass is 302 g/mol. The standard InChI is InChI=1S/C13H13F3N2O3/c14-13(15,16)10(17-9-4-2-1-3-5-9)8-11(19)18-6-7-21-12(18)20/h1-5,10,17H,6-8H2/t10-/m0/s1. The summed E-state index contributed by atoms with van der Waals surface area (Å²) in [4.78, 5) is 23.7. The molecule has 1 N–H and O–H groups in total. The highest BCUT2D eigenvalue weighted by atomic mass is 19.4. The van der Waals surface area contributed by atoms with Crippen molar-refractivity contribution in [3.8, 4) is 0 Å². The van der Waals surface area contributed by atoms with Gasteiger partial charge in [0.2, 0.25) is 5.91 Å². The Morgan fingerprint density at radius 2 is 2.00 bits per heavy atom. The van der Waals surface area contributed by atoms with E-state index in [-0.39, 0.29) is 18.8 Å². The van der Waals surface area contributed by atoms with E-state index in [2.05, 4.69) is 10.1 Å². The molecule has 1 aliphatic heterocycles. The molecule has 2 rings (SSSR count). The second kappa shape index (κ2) is 6.02. The number of ether oxygens (including phenoxy) is 1. The van der Waals surface area contributed by atoms with Gasteiger partial charge in [-0.25, -0.2) is 9.69 Å². The fourth-order valence-electron chi connectivity index (χ4n) is 1.89. The molecule has 1 saturated heterocycles. The van der Waals surface area contributed by atoms with Crippen molar-refractivity contribution in [2.24, 2.45) is 0 Å². The molecule has 0 unspecified atom stereocenters. The SMILES string of the molecule is O=C(C[C@H](Nc1ccccc1)C(F)(F)F)N1CCOC1=O. The van der Waals surface area contributed by atoms with Crippen LogP contribution < -0.4 is 5.32 Å². The lowest BCUT2D eigenvalue weighted by atomic mass is 10.1. The first kappa shape index (κ1) is 15.1. The second-order valence-electron chi connectivity index (χ2n) is 4.47. The summed E-state index contributed by atoms with van der Waals surface area (Å²) in [5, 5.41) is 2.26. The quantitative estimate of drug-likeness (QED) is 0.928. The lowest BCUT2D eigenvalue weighted by Crippen LogP contribution is -2.42. The number of para-hydroxylation sites is 1. The highest BCUT2D eigenvalue weighted by Gasteiger charge is 2.43.